The third-order valence-electron chi connectivity index (χ3n) is 10.6. The average molecular weight is 517 g/mol. The number of rotatable bonds is 5. The quantitative estimate of drug-likeness (QED) is 0.312. The van der Waals surface area contributed by atoms with Crippen LogP contribution in [0.3, 0.4) is 0 Å². The first kappa shape index (κ1) is 26.9. The van der Waals surface area contributed by atoms with Crippen LogP contribution in [0, 0.1) is 23.2 Å². The van der Waals surface area contributed by atoms with Gasteiger partial charge in [0.1, 0.15) is 11.2 Å². The van der Waals surface area contributed by atoms with E-state index in [1.807, 2.05) is 6.92 Å². The normalized spacial score (nSPS) is 43.8. The number of cyclic esters (lactones) is 1. The zero-order valence-electron chi connectivity index (χ0n) is 23.2. The van der Waals surface area contributed by atoms with Gasteiger partial charge in [-0.3, -0.25) is 0 Å². The number of ether oxygens (including phenoxy) is 4. The summed E-state index contributed by atoms with van der Waals surface area (Å²) < 4.78 is 23.6. The summed E-state index contributed by atoms with van der Waals surface area (Å²) in [6, 6.07) is 0. The Balaban J connectivity index is 1.19. The highest BCUT2D eigenvalue weighted by atomic mass is 16.8. The molecule has 0 aromatic rings. The van der Waals surface area contributed by atoms with Crippen molar-refractivity contribution in [3.8, 4) is 0 Å². The van der Waals surface area contributed by atoms with Gasteiger partial charge in [-0.25, -0.2) is 9.59 Å². The summed E-state index contributed by atoms with van der Waals surface area (Å²) in [5.41, 5.74) is -1.35. The van der Waals surface area contributed by atoms with Gasteiger partial charge >= 0.3 is 11.9 Å². The molecule has 0 aromatic heterocycles. The van der Waals surface area contributed by atoms with E-state index in [-0.39, 0.29) is 17.8 Å². The smallest absolute Gasteiger partial charge is 0.343 e. The summed E-state index contributed by atoms with van der Waals surface area (Å²) in [5, 5.41) is 11.0. The highest BCUT2D eigenvalue weighted by Crippen LogP contribution is 2.58. The Morgan fingerprint density at radius 3 is 2.49 bits per heavy atom. The minimum atomic E-state index is -1.64. The molecule has 7 nitrogen and oxygen atoms in total. The van der Waals surface area contributed by atoms with Crippen molar-refractivity contribution in [3.05, 3.63) is 23.8 Å². The summed E-state index contributed by atoms with van der Waals surface area (Å²) in [6.45, 7) is 15.5. The van der Waals surface area contributed by atoms with Crippen molar-refractivity contribution in [2.24, 2.45) is 23.2 Å². The molecule has 1 aliphatic carbocycles. The molecule has 7 heteroatoms. The highest BCUT2D eigenvalue weighted by Gasteiger charge is 2.75. The molecular weight excluding hydrogens is 472 g/mol. The first-order chi connectivity index (χ1) is 17.2. The third-order valence-corrected chi connectivity index (χ3v) is 10.6. The molecule has 0 radical (unpaired) electrons. The number of carbonyl (C=O) groups excluding carboxylic acids is 2. The number of carbonyl (C=O) groups is 2. The van der Waals surface area contributed by atoms with Crippen LogP contribution in [0.25, 0.3) is 0 Å². The number of hydrogen-bond donors (Lipinski definition) is 1. The van der Waals surface area contributed by atoms with E-state index in [1.165, 1.54) is 5.57 Å². The summed E-state index contributed by atoms with van der Waals surface area (Å²) in [7, 11) is 0. The van der Waals surface area contributed by atoms with Crippen LogP contribution in [0.5, 0.6) is 0 Å². The first-order valence-electron chi connectivity index (χ1n) is 14.1. The molecule has 37 heavy (non-hydrogen) atoms. The number of esters is 2. The van der Waals surface area contributed by atoms with E-state index in [2.05, 4.69) is 26.5 Å². The Hall–Kier alpha value is -1.70. The summed E-state index contributed by atoms with van der Waals surface area (Å²) in [6.07, 6.45) is 9.61. The van der Waals surface area contributed by atoms with Gasteiger partial charge in [0.15, 0.2) is 5.60 Å². The summed E-state index contributed by atoms with van der Waals surface area (Å²) in [5.74, 6) is -0.643. The largest absolute Gasteiger partial charge is 0.462 e. The molecule has 1 N–H and O–H groups in total. The van der Waals surface area contributed by atoms with Gasteiger partial charge in [-0.1, -0.05) is 32.1 Å². The van der Waals surface area contributed by atoms with Crippen LogP contribution in [-0.2, 0) is 28.5 Å². The summed E-state index contributed by atoms with van der Waals surface area (Å²) >= 11 is 0. The van der Waals surface area contributed by atoms with Crippen LogP contribution in [0.1, 0.15) is 92.4 Å². The van der Waals surface area contributed by atoms with Crippen LogP contribution in [0.15, 0.2) is 23.8 Å². The standard InChI is InChI=1S/C30H44O7/c1-19-7-10-22(26(2,3)23(19)12-9-21-14-16-34-24(21)31)11-8-20-13-15-30(35-17-20)28(6)18-29(33,25(32)36-30)27(4,5)37-28/h9,20,22-23,33H,1,7-8,10-18H2,2-6H3/t20-,22-,23-,28-,29-,30-/m0/s1. The molecule has 0 amide bonds. The zero-order chi connectivity index (χ0) is 26.9. The Morgan fingerprint density at radius 1 is 1.08 bits per heavy atom. The van der Waals surface area contributed by atoms with Crippen molar-refractivity contribution in [1.29, 1.82) is 0 Å². The van der Waals surface area contributed by atoms with Crippen molar-refractivity contribution in [1.82, 2.24) is 0 Å². The van der Waals surface area contributed by atoms with Crippen molar-refractivity contribution in [2.75, 3.05) is 13.2 Å². The number of allylic oxidation sites excluding steroid dienone is 2. The second kappa shape index (κ2) is 8.92. The van der Waals surface area contributed by atoms with Crippen molar-refractivity contribution < 1.29 is 33.6 Å². The highest BCUT2D eigenvalue weighted by molar-refractivity contribution is 5.90. The Labute approximate surface area is 220 Å². The lowest BCUT2D eigenvalue weighted by molar-refractivity contribution is -0.334. The zero-order valence-corrected chi connectivity index (χ0v) is 23.2. The third kappa shape index (κ3) is 4.20. The number of hydrogen-bond acceptors (Lipinski definition) is 7. The van der Waals surface area contributed by atoms with Gasteiger partial charge in [0.25, 0.3) is 0 Å². The molecule has 0 unspecified atom stereocenters. The molecule has 206 valence electrons. The lowest BCUT2D eigenvalue weighted by Gasteiger charge is -2.50. The van der Waals surface area contributed by atoms with Crippen LogP contribution >= 0.6 is 0 Å². The van der Waals surface area contributed by atoms with Gasteiger partial charge in [0.05, 0.1) is 13.2 Å². The minimum absolute atomic E-state index is 0.0890. The van der Waals surface area contributed by atoms with E-state index in [0.717, 1.165) is 44.1 Å². The molecule has 5 fully saturated rings. The average Bonchev–Trinajstić information content (AvgIpc) is 3.29. The van der Waals surface area contributed by atoms with E-state index in [9.17, 15) is 14.7 Å². The molecule has 4 aliphatic heterocycles. The fourth-order valence-electron chi connectivity index (χ4n) is 7.82. The molecule has 5 aliphatic rings. The Bertz CT molecular complexity index is 1000. The predicted molar refractivity (Wildman–Crippen MR) is 137 cm³/mol. The van der Waals surface area contributed by atoms with E-state index in [4.69, 9.17) is 18.9 Å². The number of fused-ring (bicyclic) bond motifs is 3. The van der Waals surface area contributed by atoms with Gasteiger partial charge in [0, 0.05) is 24.8 Å². The van der Waals surface area contributed by atoms with Crippen LogP contribution in [0.2, 0.25) is 0 Å². The molecule has 0 aromatic carbocycles. The first-order valence-corrected chi connectivity index (χ1v) is 14.1. The fraction of sp³-hybridized carbons (Fsp3) is 0.800. The molecule has 6 atom stereocenters. The van der Waals surface area contributed by atoms with Crippen molar-refractivity contribution in [3.63, 3.8) is 0 Å². The van der Waals surface area contributed by atoms with Crippen LogP contribution in [0.4, 0.5) is 0 Å². The van der Waals surface area contributed by atoms with Gasteiger partial charge < -0.3 is 24.1 Å². The second-order valence-corrected chi connectivity index (χ2v) is 13.4. The molecular formula is C30H44O7. The molecule has 2 bridgehead atoms. The van der Waals surface area contributed by atoms with E-state index in [0.29, 0.717) is 43.8 Å². The molecule has 4 saturated heterocycles. The van der Waals surface area contributed by atoms with Crippen molar-refractivity contribution in [2.45, 2.75) is 115 Å². The van der Waals surface area contributed by atoms with Gasteiger partial charge in [-0.2, -0.15) is 0 Å². The Kier molecular flexibility index (Phi) is 6.48. The molecule has 1 spiro atoms. The van der Waals surface area contributed by atoms with E-state index in [1.54, 1.807) is 13.8 Å². The maximum absolute atomic E-state index is 12.8. The Morgan fingerprint density at radius 2 is 1.84 bits per heavy atom. The van der Waals surface area contributed by atoms with Gasteiger partial charge in [0.2, 0.25) is 5.79 Å². The monoisotopic (exact) mass is 516 g/mol. The van der Waals surface area contributed by atoms with Crippen molar-refractivity contribution >= 4 is 11.9 Å². The molecule has 4 heterocycles. The lowest BCUT2D eigenvalue weighted by Crippen LogP contribution is -2.65. The maximum Gasteiger partial charge on any atom is 0.343 e. The fourth-order valence-corrected chi connectivity index (χ4v) is 7.82. The maximum atomic E-state index is 12.8. The lowest BCUT2D eigenvalue weighted by atomic mass is 9.58. The molecule has 5 rings (SSSR count). The SMILES string of the molecule is C=C1CC[C@@H](CC[C@H]2CC[C@]3(OC2)OC(=O)[C@@]2(O)C[C@]3(C)OC2(C)C)C(C)(C)[C@H]1CC=C1CCOC1=O. The van der Waals surface area contributed by atoms with Gasteiger partial charge in [-0.05, 0) is 82.5 Å². The van der Waals surface area contributed by atoms with Crippen LogP contribution in [-0.4, -0.2) is 52.8 Å². The number of aliphatic hydroxyl groups is 1. The van der Waals surface area contributed by atoms with E-state index >= 15 is 0 Å². The van der Waals surface area contributed by atoms with E-state index < -0.39 is 28.6 Å². The second-order valence-electron chi connectivity index (χ2n) is 13.4. The predicted octanol–water partition coefficient (Wildman–Crippen LogP) is 5.01. The molecule has 1 saturated carbocycles. The van der Waals surface area contributed by atoms with Crippen LogP contribution < -0.4 is 0 Å². The topological polar surface area (TPSA) is 91.3 Å². The van der Waals surface area contributed by atoms with Gasteiger partial charge in [-0.15, -0.1) is 0 Å². The summed E-state index contributed by atoms with van der Waals surface area (Å²) in [4.78, 5) is 24.7. The minimum Gasteiger partial charge on any atom is -0.462 e.